The minimum atomic E-state index is -0.238. The summed E-state index contributed by atoms with van der Waals surface area (Å²) in [5.74, 6) is 1.13. The molecule has 0 N–H and O–H groups in total. The molecule has 0 atom stereocenters. The summed E-state index contributed by atoms with van der Waals surface area (Å²) in [6, 6.07) is 8.29. The molecule has 0 radical (unpaired) electrons. The molecule has 1 aromatic heterocycles. The Morgan fingerprint density at radius 1 is 1.15 bits per heavy atom. The summed E-state index contributed by atoms with van der Waals surface area (Å²) < 4.78 is 5.04. The smallest absolute Gasteiger partial charge is 0.409 e. The van der Waals surface area contributed by atoms with Crippen molar-refractivity contribution in [3.63, 3.8) is 0 Å². The lowest BCUT2D eigenvalue weighted by atomic mass is 10.0. The highest BCUT2D eigenvalue weighted by molar-refractivity contribution is 5.67. The zero-order chi connectivity index (χ0) is 18.5. The molecule has 0 unspecified atom stereocenters. The fourth-order valence-electron chi connectivity index (χ4n) is 2.90. The molecule has 26 heavy (non-hydrogen) atoms. The maximum Gasteiger partial charge on any atom is 0.409 e. The third-order valence-electron chi connectivity index (χ3n) is 4.51. The highest BCUT2D eigenvalue weighted by Gasteiger charge is 2.22. The predicted molar refractivity (Wildman–Crippen MR) is 97.5 cm³/mol. The first-order valence-electron chi connectivity index (χ1n) is 9.09. The van der Waals surface area contributed by atoms with Gasteiger partial charge in [-0.3, -0.25) is 4.90 Å². The van der Waals surface area contributed by atoms with Crippen LogP contribution < -0.4 is 0 Å². The summed E-state index contributed by atoms with van der Waals surface area (Å²) in [4.78, 5) is 17.3. The molecule has 0 bridgehead atoms. The lowest BCUT2D eigenvalue weighted by Gasteiger charge is -2.33. The highest BCUT2D eigenvalue weighted by Crippen LogP contribution is 2.19. The number of hydrogen-bond acceptors (Lipinski definition) is 6. The Balaban J connectivity index is 1.55. The molecular weight excluding hydrogens is 332 g/mol. The second-order valence-electron chi connectivity index (χ2n) is 6.71. The monoisotopic (exact) mass is 358 g/mol. The first-order valence-corrected chi connectivity index (χ1v) is 9.09. The Hall–Kier alpha value is -2.48. The van der Waals surface area contributed by atoms with Crippen LogP contribution in [0.2, 0.25) is 0 Å². The van der Waals surface area contributed by atoms with E-state index in [1.807, 2.05) is 19.1 Å². The van der Waals surface area contributed by atoms with Crippen molar-refractivity contribution >= 4 is 6.09 Å². The van der Waals surface area contributed by atoms with E-state index < -0.39 is 0 Å². The molecule has 140 valence electrons. The first kappa shape index (κ1) is 18.3. The molecule has 1 fully saturated rings. The first-order chi connectivity index (χ1) is 12.6. The van der Waals surface area contributed by atoms with E-state index in [4.69, 9.17) is 4.74 Å². The van der Waals surface area contributed by atoms with Crippen LogP contribution in [0.3, 0.4) is 0 Å². The zero-order valence-corrected chi connectivity index (χ0v) is 15.6. The van der Waals surface area contributed by atoms with Crippen LogP contribution in [0, 0.1) is 0 Å². The van der Waals surface area contributed by atoms with Gasteiger partial charge in [0.05, 0.1) is 6.61 Å². The molecule has 0 saturated carbocycles. The Morgan fingerprint density at radius 3 is 2.46 bits per heavy atom. The van der Waals surface area contributed by atoms with Crippen LogP contribution in [0.25, 0.3) is 11.4 Å². The number of amides is 1. The van der Waals surface area contributed by atoms with Crippen molar-refractivity contribution in [1.82, 2.24) is 30.0 Å². The van der Waals surface area contributed by atoms with Crippen molar-refractivity contribution in [2.24, 2.45) is 0 Å². The molecule has 8 heteroatoms. The van der Waals surface area contributed by atoms with Gasteiger partial charge >= 0.3 is 6.09 Å². The normalized spacial score (nSPS) is 15.5. The zero-order valence-electron chi connectivity index (χ0n) is 15.6. The number of nitrogens with zero attached hydrogens (tertiary/aromatic N) is 6. The van der Waals surface area contributed by atoms with Gasteiger partial charge in [-0.1, -0.05) is 38.1 Å². The van der Waals surface area contributed by atoms with Gasteiger partial charge in [0.1, 0.15) is 6.67 Å². The van der Waals surface area contributed by atoms with Crippen molar-refractivity contribution < 1.29 is 9.53 Å². The van der Waals surface area contributed by atoms with E-state index in [0.29, 0.717) is 38.1 Å². The minimum absolute atomic E-state index is 0.238. The summed E-state index contributed by atoms with van der Waals surface area (Å²) in [6.45, 7) is 9.96. The largest absolute Gasteiger partial charge is 0.450 e. The molecule has 1 aliphatic heterocycles. The highest BCUT2D eigenvalue weighted by atomic mass is 16.6. The van der Waals surface area contributed by atoms with Gasteiger partial charge in [-0.25, -0.2) is 4.79 Å². The van der Waals surface area contributed by atoms with Crippen molar-refractivity contribution in [2.45, 2.75) is 33.4 Å². The van der Waals surface area contributed by atoms with Crippen LogP contribution >= 0.6 is 0 Å². The molecular formula is C18H26N6O2. The topological polar surface area (TPSA) is 76.4 Å². The molecule has 0 aliphatic carbocycles. The number of carbonyl (C=O) groups excluding carboxylic acids is 1. The van der Waals surface area contributed by atoms with Crippen LogP contribution in [-0.2, 0) is 11.4 Å². The number of ether oxygens (including phenoxy) is 1. The maximum absolute atomic E-state index is 11.7. The van der Waals surface area contributed by atoms with Gasteiger partial charge in [0.25, 0.3) is 0 Å². The van der Waals surface area contributed by atoms with Gasteiger partial charge < -0.3 is 9.64 Å². The van der Waals surface area contributed by atoms with E-state index >= 15 is 0 Å². The number of benzene rings is 1. The average molecular weight is 358 g/mol. The average Bonchev–Trinajstić information content (AvgIpc) is 3.11. The number of aromatic nitrogens is 4. The summed E-state index contributed by atoms with van der Waals surface area (Å²) >= 11 is 0. The number of carbonyl (C=O) groups is 1. The quantitative estimate of drug-likeness (QED) is 0.815. The van der Waals surface area contributed by atoms with Gasteiger partial charge in [0, 0.05) is 31.7 Å². The van der Waals surface area contributed by atoms with E-state index in [0.717, 1.165) is 18.7 Å². The molecule has 8 nitrogen and oxygen atoms in total. The number of hydrogen-bond donors (Lipinski definition) is 0. The Bertz CT molecular complexity index is 720. The maximum atomic E-state index is 11.7. The minimum Gasteiger partial charge on any atom is -0.450 e. The van der Waals surface area contributed by atoms with E-state index in [9.17, 15) is 4.79 Å². The van der Waals surface area contributed by atoms with Crippen molar-refractivity contribution in [2.75, 3.05) is 32.8 Å². The van der Waals surface area contributed by atoms with Gasteiger partial charge in [-0.15, -0.1) is 15.0 Å². The Kier molecular flexibility index (Phi) is 5.82. The molecule has 1 saturated heterocycles. The fraction of sp³-hybridized carbons (Fsp3) is 0.556. The molecule has 1 aliphatic rings. The van der Waals surface area contributed by atoms with Crippen LogP contribution in [0.1, 0.15) is 32.3 Å². The molecule has 0 spiro atoms. The molecule has 3 rings (SSSR count). The Labute approximate surface area is 153 Å². The molecule has 2 heterocycles. The van der Waals surface area contributed by atoms with Gasteiger partial charge in [-0.2, -0.15) is 0 Å². The number of piperazine rings is 1. The van der Waals surface area contributed by atoms with E-state index in [1.165, 1.54) is 5.56 Å². The number of rotatable bonds is 5. The van der Waals surface area contributed by atoms with Crippen LogP contribution in [0.4, 0.5) is 4.79 Å². The molecule has 1 amide bonds. The molecule has 1 aromatic carbocycles. The van der Waals surface area contributed by atoms with Crippen molar-refractivity contribution in [1.29, 1.82) is 0 Å². The van der Waals surface area contributed by atoms with Gasteiger partial charge in [-0.05, 0) is 23.6 Å². The second-order valence-corrected chi connectivity index (χ2v) is 6.71. The second kappa shape index (κ2) is 8.27. The number of tetrazole rings is 1. The fourth-order valence-corrected chi connectivity index (χ4v) is 2.90. The van der Waals surface area contributed by atoms with E-state index in [-0.39, 0.29) is 6.09 Å². The summed E-state index contributed by atoms with van der Waals surface area (Å²) in [7, 11) is 0. The third kappa shape index (κ3) is 4.37. The van der Waals surface area contributed by atoms with Crippen LogP contribution in [0.15, 0.2) is 24.3 Å². The van der Waals surface area contributed by atoms with Gasteiger partial charge in [0.15, 0.2) is 0 Å². The summed E-state index contributed by atoms with van der Waals surface area (Å²) in [6.07, 6.45) is -0.238. The Morgan fingerprint density at radius 2 is 1.85 bits per heavy atom. The molecule has 2 aromatic rings. The summed E-state index contributed by atoms with van der Waals surface area (Å²) in [5.41, 5.74) is 2.26. The standard InChI is InChI=1S/C18H26N6O2/c1-4-26-18(25)23-11-9-22(10-12-23)13-24-20-17(19-21-24)16-7-5-15(6-8-16)14(2)3/h5-8,14H,4,9-13H2,1-3H3. The third-order valence-corrected chi connectivity index (χ3v) is 4.51. The lowest BCUT2D eigenvalue weighted by molar-refractivity contribution is 0.0670. The lowest BCUT2D eigenvalue weighted by Crippen LogP contribution is -2.49. The van der Waals surface area contributed by atoms with Crippen LogP contribution in [-0.4, -0.2) is 68.9 Å². The van der Waals surface area contributed by atoms with E-state index in [1.54, 1.807) is 9.70 Å². The predicted octanol–water partition coefficient (Wildman–Crippen LogP) is 2.20. The van der Waals surface area contributed by atoms with Crippen molar-refractivity contribution in [3.8, 4) is 11.4 Å². The van der Waals surface area contributed by atoms with Crippen LogP contribution in [0.5, 0.6) is 0 Å². The van der Waals surface area contributed by atoms with Gasteiger partial charge in [0.2, 0.25) is 5.82 Å². The SMILES string of the molecule is CCOC(=O)N1CCN(Cn2nnc(-c3ccc(C(C)C)cc3)n2)CC1. The van der Waals surface area contributed by atoms with Crippen molar-refractivity contribution in [3.05, 3.63) is 29.8 Å². The summed E-state index contributed by atoms with van der Waals surface area (Å²) in [5, 5.41) is 12.8. The van der Waals surface area contributed by atoms with E-state index in [2.05, 4.69) is 46.3 Å².